The van der Waals surface area contributed by atoms with Crippen LogP contribution in [0.4, 0.5) is 0 Å². The van der Waals surface area contributed by atoms with E-state index in [0.29, 0.717) is 89.8 Å². The number of unbranched alkanes of at least 4 members (excludes halogenated alkanes) is 9. The normalized spacial score (nSPS) is 10.6. The first-order chi connectivity index (χ1) is 19.9. The van der Waals surface area contributed by atoms with E-state index in [1.165, 1.54) is 0 Å². The summed E-state index contributed by atoms with van der Waals surface area (Å²) < 4.78 is 20.4. The summed E-state index contributed by atoms with van der Waals surface area (Å²) >= 11 is 0. The largest absolute Gasteiger partial charge is 0.466 e. The number of carbonyl (C=O) groups excluding carboxylic acids is 5. The Labute approximate surface area is 244 Å². The fraction of sp³-hybridized carbons (Fsp3) is 0.767. The standard InChI is InChI=1S/C30H50O11/c1-26(2)30(35)39-24-25-41-40-23-15-7-10-18-29(34)38-22-14-6-9-17-28(33)37-21-13-5-8-16-27(32)36-20-12-4-3-11-19-31/h19H,1,3-18,20-25H2,2H3. The predicted molar refractivity (Wildman–Crippen MR) is 150 cm³/mol. The first-order valence-corrected chi connectivity index (χ1v) is 14.8. The molecular weight excluding hydrogens is 536 g/mol. The molecule has 0 atom stereocenters. The van der Waals surface area contributed by atoms with Crippen molar-refractivity contribution >= 4 is 30.2 Å². The molecule has 41 heavy (non-hydrogen) atoms. The highest BCUT2D eigenvalue weighted by Crippen LogP contribution is 2.07. The summed E-state index contributed by atoms with van der Waals surface area (Å²) in [4.78, 5) is 66.5. The van der Waals surface area contributed by atoms with Crippen molar-refractivity contribution in [3.63, 3.8) is 0 Å². The molecule has 0 fully saturated rings. The second kappa shape index (κ2) is 28.7. The van der Waals surface area contributed by atoms with Gasteiger partial charge in [-0.15, -0.1) is 0 Å². The van der Waals surface area contributed by atoms with E-state index in [0.717, 1.165) is 51.2 Å². The van der Waals surface area contributed by atoms with Gasteiger partial charge in [0.2, 0.25) is 0 Å². The molecule has 11 nitrogen and oxygen atoms in total. The van der Waals surface area contributed by atoms with Gasteiger partial charge in [-0.05, 0) is 77.6 Å². The Kier molecular flexibility index (Phi) is 26.8. The van der Waals surface area contributed by atoms with Gasteiger partial charge in [-0.25, -0.2) is 14.6 Å². The van der Waals surface area contributed by atoms with Crippen LogP contribution in [0.25, 0.3) is 0 Å². The summed E-state index contributed by atoms with van der Waals surface area (Å²) in [6, 6.07) is 0. The fourth-order valence-electron chi connectivity index (χ4n) is 3.39. The average molecular weight is 587 g/mol. The molecule has 0 aliphatic heterocycles. The van der Waals surface area contributed by atoms with Crippen molar-refractivity contribution in [3.8, 4) is 0 Å². The van der Waals surface area contributed by atoms with Crippen molar-refractivity contribution in [3.05, 3.63) is 12.2 Å². The zero-order chi connectivity index (χ0) is 30.4. The second-order valence-electron chi connectivity index (χ2n) is 9.67. The summed E-state index contributed by atoms with van der Waals surface area (Å²) in [5, 5.41) is 0. The first kappa shape index (κ1) is 38.2. The lowest BCUT2D eigenvalue weighted by Crippen LogP contribution is -2.11. The molecule has 0 aliphatic rings. The van der Waals surface area contributed by atoms with Crippen LogP contribution in [0.2, 0.25) is 0 Å². The lowest BCUT2D eigenvalue weighted by atomic mass is 10.2. The van der Waals surface area contributed by atoms with E-state index in [1.807, 2.05) is 0 Å². The summed E-state index contributed by atoms with van der Waals surface area (Å²) in [5.41, 5.74) is 0.330. The Hall–Kier alpha value is -2.79. The van der Waals surface area contributed by atoms with Crippen LogP contribution in [0.3, 0.4) is 0 Å². The van der Waals surface area contributed by atoms with Crippen LogP contribution < -0.4 is 0 Å². The second-order valence-corrected chi connectivity index (χ2v) is 9.67. The van der Waals surface area contributed by atoms with E-state index < -0.39 is 5.97 Å². The van der Waals surface area contributed by atoms with Crippen LogP contribution in [0, 0.1) is 0 Å². The first-order valence-electron chi connectivity index (χ1n) is 14.8. The molecule has 0 bridgehead atoms. The van der Waals surface area contributed by atoms with Gasteiger partial charge < -0.3 is 23.7 Å². The van der Waals surface area contributed by atoms with Gasteiger partial charge in [-0.1, -0.05) is 13.0 Å². The highest BCUT2D eigenvalue weighted by Gasteiger charge is 2.06. The van der Waals surface area contributed by atoms with E-state index in [1.54, 1.807) is 6.92 Å². The molecule has 0 aromatic carbocycles. The quantitative estimate of drug-likeness (QED) is 0.0219. The fourth-order valence-corrected chi connectivity index (χ4v) is 3.39. The molecule has 0 spiro atoms. The molecule has 0 aromatic rings. The number of hydrogen-bond donors (Lipinski definition) is 0. The minimum atomic E-state index is -0.464. The van der Waals surface area contributed by atoms with E-state index in [9.17, 15) is 24.0 Å². The highest BCUT2D eigenvalue weighted by atomic mass is 17.2. The molecule has 0 amide bonds. The number of aldehydes is 1. The molecule has 0 aliphatic carbocycles. The van der Waals surface area contributed by atoms with Crippen LogP contribution in [-0.4, -0.2) is 69.8 Å². The van der Waals surface area contributed by atoms with Crippen molar-refractivity contribution in [2.24, 2.45) is 0 Å². The number of esters is 4. The Bertz CT molecular complexity index is 736. The summed E-state index contributed by atoms with van der Waals surface area (Å²) in [6.45, 7) is 6.74. The molecule has 0 heterocycles. The van der Waals surface area contributed by atoms with Gasteiger partial charge in [0, 0.05) is 31.3 Å². The number of ether oxygens (including phenoxy) is 4. The number of hydrogen-bond acceptors (Lipinski definition) is 11. The Balaban J connectivity index is 3.39. The molecule has 11 heteroatoms. The maximum absolute atomic E-state index is 11.8. The lowest BCUT2D eigenvalue weighted by Gasteiger charge is -2.07. The van der Waals surface area contributed by atoms with Gasteiger partial charge in [0.1, 0.15) is 19.5 Å². The molecule has 0 rings (SSSR count). The van der Waals surface area contributed by atoms with Crippen LogP contribution in [0.1, 0.15) is 110 Å². The van der Waals surface area contributed by atoms with Gasteiger partial charge in [0.15, 0.2) is 0 Å². The molecule has 0 unspecified atom stereocenters. The van der Waals surface area contributed by atoms with E-state index >= 15 is 0 Å². The van der Waals surface area contributed by atoms with Crippen molar-refractivity contribution in [1.82, 2.24) is 0 Å². The van der Waals surface area contributed by atoms with E-state index in [2.05, 4.69) is 6.58 Å². The Morgan fingerprint density at radius 2 is 0.927 bits per heavy atom. The van der Waals surface area contributed by atoms with Crippen LogP contribution in [-0.2, 0) is 52.7 Å². The Morgan fingerprint density at radius 3 is 1.37 bits per heavy atom. The van der Waals surface area contributed by atoms with Gasteiger partial charge in [0.05, 0.1) is 26.4 Å². The van der Waals surface area contributed by atoms with Crippen molar-refractivity contribution < 1.29 is 52.7 Å². The molecule has 0 N–H and O–H groups in total. The predicted octanol–water partition coefficient (Wildman–Crippen LogP) is 5.12. The minimum Gasteiger partial charge on any atom is -0.466 e. The van der Waals surface area contributed by atoms with Crippen molar-refractivity contribution in [1.29, 1.82) is 0 Å². The third-order valence-electron chi connectivity index (χ3n) is 5.75. The lowest BCUT2D eigenvalue weighted by molar-refractivity contribution is -0.298. The van der Waals surface area contributed by atoms with Crippen molar-refractivity contribution in [2.45, 2.75) is 110 Å². The topological polar surface area (TPSA) is 141 Å². The highest BCUT2D eigenvalue weighted by molar-refractivity contribution is 5.86. The summed E-state index contributed by atoms with van der Waals surface area (Å²) in [7, 11) is 0. The van der Waals surface area contributed by atoms with Crippen LogP contribution in [0.15, 0.2) is 12.2 Å². The zero-order valence-corrected chi connectivity index (χ0v) is 24.8. The summed E-state index contributed by atoms with van der Waals surface area (Å²) in [5.74, 6) is -1.15. The maximum Gasteiger partial charge on any atom is 0.333 e. The summed E-state index contributed by atoms with van der Waals surface area (Å²) in [6.07, 6.45) is 11.5. The SMILES string of the molecule is C=C(C)C(=O)OCCOOCCCCCC(=O)OCCCCCC(=O)OCCCCCC(=O)OCCCCCC=O. The van der Waals surface area contributed by atoms with Gasteiger partial charge in [-0.2, -0.15) is 0 Å². The zero-order valence-electron chi connectivity index (χ0n) is 24.8. The van der Waals surface area contributed by atoms with Crippen molar-refractivity contribution in [2.75, 3.05) is 39.6 Å². The molecule has 0 aromatic heterocycles. The number of rotatable bonds is 29. The molecule has 236 valence electrons. The van der Waals surface area contributed by atoms with Crippen LogP contribution >= 0.6 is 0 Å². The smallest absolute Gasteiger partial charge is 0.333 e. The maximum atomic E-state index is 11.8. The van der Waals surface area contributed by atoms with Gasteiger partial charge in [-0.3, -0.25) is 14.4 Å². The average Bonchev–Trinajstić information content (AvgIpc) is 2.95. The third kappa shape index (κ3) is 28.5. The molecule has 0 radical (unpaired) electrons. The molecule has 0 saturated heterocycles. The Morgan fingerprint density at radius 1 is 0.512 bits per heavy atom. The third-order valence-corrected chi connectivity index (χ3v) is 5.75. The monoisotopic (exact) mass is 586 g/mol. The van der Waals surface area contributed by atoms with Gasteiger partial charge >= 0.3 is 23.9 Å². The molecule has 0 saturated carbocycles. The number of carbonyl (C=O) groups is 5. The van der Waals surface area contributed by atoms with E-state index in [4.69, 9.17) is 28.7 Å². The van der Waals surface area contributed by atoms with Gasteiger partial charge in [0.25, 0.3) is 0 Å². The van der Waals surface area contributed by atoms with E-state index in [-0.39, 0.29) is 31.1 Å². The van der Waals surface area contributed by atoms with Crippen LogP contribution in [0.5, 0.6) is 0 Å². The minimum absolute atomic E-state index is 0.0945. The molecular formula is C30H50O11.